The Hall–Kier alpha value is -1.45. The monoisotopic (exact) mass is 247 g/mol. The van der Waals surface area contributed by atoms with Gasteiger partial charge in [-0.25, -0.2) is 0 Å². The molecule has 2 aromatic carbocycles. The molecule has 0 aromatic heterocycles. The average molecular weight is 247 g/mol. The lowest BCUT2D eigenvalue weighted by Gasteiger charge is -2.04. The molecule has 0 aliphatic heterocycles. The van der Waals surface area contributed by atoms with E-state index in [-0.39, 0.29) is 6.61 Å². The summed E-state index contributed by atoms with van der Waals surface area (Å²) in [5, 5.41) is 7.57. The van der Waals surface area contributed by atoms with Crippen LogP contribution in [0.15, 0.2) is 53.4 Å². The molecule has 0 radical (unpaired) electrons. The molecule has 2 aromatic rings. The molecule has 2 rings (SSSR count). The van der Waals surface area contributed by atoms with Crippen LogP contribution in [0.3, 0.4) is 0 Å². The zero-order valence-corrected chi connectivity index (χ0v) is 10.7. The van der Waals surface area contributed by atoms with Crippen molar-refractivity contribution in [2.24, 2.45) is 0 Å². The van der Waals surface area contributed by atoms with Gasteiger partial charge in [0.2, 0.25) is 0 Å². The summed E-state index contributed by atoms with van der Waals surface area (Å²) in [5.74, 6) is 0. The minimum absolute atomic E-state index is 0.250. The van der Waals surface area contributed by atoms with Gasteiger partial charge in [-0.05, 0) is 36.2 Å². The molecule has 0 aliphatic rings. The van der Waals surface area contributed by atoms with Crippen LogP contribution in [0.1, 0.15) is 6.92 Å². The first kappa shape index (κ1) is 13.6. The topological polar surface area (TPSA) is 46.2 Å². The molecule has 17 heavy (non-hydrogen) atoms. The van der Waals surface area contributed by atoms with Crippen molar-refractivity contribution in [2.45, 2.75) is 11.8 Å². The lowest BCUT2D eigenvalue weighted by molar-refractivity contribution is 0.318. The van der Waals surface area contributed by atoms with E-state index in [1.807, 2.05) is 48.5 Å². The number of benzene rings is 2. The van der Waals surface area contributed by atoms with Crippen molar-refractivity contribution in [3.63, 3.8) is 0 Å². The number of aliphatic hydroxyl groups excluding tert-OH is 1. The molecule has 0 unspecified atom stereocenters. The molecule has 90 valence electrons. The van der Waals surface area contributed by atoms with Crippen LogP contribution in [-0.2, 0) is 0 Å². The summed E-state index contributed by atoms with van der Waals surface area (Å²) in [6.45, 7) is 1.93. The highest BCUT2D eigenvalue weighted by molar-refractivity contribution is 7.80. The van der Waals surface area contributed by atoms with E-state index in [0.717, 1.165) is 21.7 Å². The fourth-order valence-electron chi connectivity index (χ4n) is 1.38. The van der Waals surface area contributed by atoms with Crippen molar-refractivity contribution >= 4 is 18.3 Å². The molecule has 2 nitrogen and oxygen atoms in total. The van der Waals surface area contributed by atoms with E-state index >= 15 is 0 Å². The maximum atomic E-state index is 7.57. The normalized spacial score (nSPS) is 9.35. The Morgan fingerprint density at radius 1 is 1.06 bits per heavy atom. The number of anilines is 1. The highest BCUT2D eigenvalue weighted by atomic mass is 32.1. The third kappa shape index (κ3) is 4.13. The second-order valence-corrected chi connectivity index (χ2v) is 3.94. The van der Waals surface area contributed by atoms with Gasteiger partial charge in [0, 0.05) is 17.2 Å². The second-order valence-electron chi connectivity index (χ2n) is 3.46. The minimum atomic E-state index is 0.250. The minimum Gasteiger partial charge on any atom is -0.399 e. The standard InChI is InChI=1S/C12H11NS.C2H6O/c13-10-7-5-9(6-8-10)11-3-1-2-4-12(11)14;1-2-3/h1-8,14H,13H2;3H,2H2,1H3. The molecule has 0 heterocycles. The third-order valence-electron chi connectivity index (χ3n) is 2.13. The summed E-state index contributed by atoms with van der Waals surface area (Å²) >= 11 is 4.40. The van der Waals surface area contributed by atoms with Crippen LogP contribution >= 0.6 is 12.6 Å². The van der Waals surface area contributed by atoms with Crippen LogP contribution < -0.4 is 5.73 Å². The van der Waals surface area contributed by atoms with Crippen LogP contribution in [0, 0.1) is 0 Å². The number of hydrogen-bond donors (Lipinski definition) is 3. The Morgan fingerprint density at radius 3 is 2.12 bits per heavy atom. The molecule has 0 fully saturated rings. The predicted octanol–water partition coefficient (Wildman–Crippen LogP) is 3.22. The van der Waals surface area contributed by atoms with Crippen molar-refractivity contribution in [3.05, 3.63) is 48.5 Å². The quantitative estimate of drug-likeness (QED) is 0.535. The van der Waals surface area contributed by atoms with Gasteiger partial charge in [0.15, 0.2) is 0 Å². The largest absolute Gasteiger partial charge is 0.399 e. The van der Waals surface area contributed by atoms with E-state index in [1.54, 1.807) is 6.92 Å². The van der Waals surface area contributed by atoms with Crippen molar-refractivity contribution < 1.29 is 5.11 Å². The van der Waals surface area contributed by atoms with Gasteiger partial charge in [-0.2, -0.15) is 0 Å². The average Bonchev–Trinajstić information content (AvgIpc) is 2.32. The van der Waals surface area contributed by atoms with E-state index < -0.39 is 0 Å². The molecule has 0 saturated heterocycles. The fourth-order valence-corrected chi connectivity index (χ4v) is 1.67. The number of thiol groups is 1. The Kier molecular flexibility index (Phi) is 5.60. The van der Waals surface area contributed by atoms with E-state index in [2.05, 4.69) is 12.6 Å². The van der Waals surface area contributed by atoms with Crippen LogP contribution in [-0.4, -0.2) is 11.7 Å². The predicted molar refractivity (Wildman–Crippen MR) is 76.3 cm³/mol. The summed E-state index contributed by atoms with van der Waals surface area (Å²) in [5.41, 5.74) is 8.68. The van der Waals surface area contributed by atoms with E-state index in [1.165, 1.54) is 0 Å². The molecule has 3 N–H and O–H groups in total. The van der Waals surface area contributed by atoms with Crippen LogP contribution in [0.25, 0.3) is 11.1 Å². The van der Waals surface area contributed by atoms with Gasteiger partial charge in [-0.3, -0.25) is 0 Å². The Bertz CT molecular complexity index is 454. The van der Waals surface area contributed by atoms with Gasteiger partial charge < -0.3 is 10.8 Å². The molecule has 0 saturated carbocycles. The second kappa shape index (κ2) is 6.99. The molecule has 0 atom stereocenters. The SMILES string of the molecule is CCO.Nc1ccc(-c2ccccc2S)cc1. The lowest BCUT2D eigenvalue weighted by Crippen LogP contribution is -1.84. The van der Waals surface area contributed by atoms with Crippen LogP contribution in [0.4, 0.5) is 5.69 Å². The van der Waals surface area contributed by atoms with Crippen molar-refractivity contribution in [1.29, 1.82) is 0 Å². The number of aliphatic hydroxyl groups is 1. The van der Waals surface area contributed by atoms with Crippen molar-refractivity contribution in [3.8, 4) is 11.1 Å². The molecule has 3 heteroatoms. The Balaban J connectivity index is 0.000000437. The number of nitrogens with two attached hydrogens (primary N) is 1. The van der Waals surface area contributed by atoms with Gasteiger partial charge in [0.1, 0.15) is 0 Å². The van der Waals surface area contributed by atoms with Gasteiger partial charge in [0.25, 0.3) is 0 Å². The maximum absolute atomic E-state index is 7.57. The summed E-state index contributed by atoms with van der Waals surface area (Å²) in [6, 6.07) is 15.8. The molecule has 0 bridgehead atoms. The van der Waals surface area contributed by atoms with Crippen LogP contribution in [0.2, 0.25) is 0 Å². The molecule has 0 spiro atoms. The number of hydrogen-bond acceptors (Lipinski definition) is 3. The molecule has 0 aliphatic carbocycles. The van der Waals surface area contributed by atoms with Crippen LogP contribution in [0.5, 0.6) is 0 Å². The summed E-state index contributed by atoms with van der Waals surface area (Å²) in [7, 11) is 0. The summed E-state index contributed by atoms with van der Waals surface area (Å²) in [4.78, 5) is 0.984. The zero-order chi connectivity index (χ0) is 12.7. The van der Waals surface area contributed by atoms with Crippen molar-refractivity contribution in [2.75, 3.05) is 12.3 Å². The summed E-state index contributed by atoms with van der Waals surface area (Å²) < 4.78 is 0. The molecular weight excluding hydrogens is 230 g/mol. The van der Waals surface area contributed by atoms with E-state index in [0.29, 0.717) is 0 Å². The smallest absolute Gasteiger partial charge is 0.0402 e. The Labute approximate surface area is 108 Å². The van der Waals surface area contributed by atoms with E-state index in [4.69, 9.17) is 10.8 Å². The molecule has 0 amide bonds. The number of nitrogen functional groups attached to an aromatic ring is 1. The van der Waals surface area contributed by atoms with Gasteiger partial charge in [-0.15, -0.1) is 12.6 Å². The number of rotatable bonds is 1. The molecular formula is C14H17NOS. The van der Waals surface area contributed by atoms with E-state index in [9.17, 15) is 0 Å². The lowest BCUT2D eigenvalue weighted by atomic mass is 10.1. The first-order valence-corrected chi connectivity index (χ1v) is 5.88. The third-order valence-corrected chi connectivity index (χ3v) is 2.52. The van der Waals surface area contributed by atoms with Gasteiger partial charge in [-0.1, -0.05) is 30.3 Å². The Morgan fingerprint density at radius 2 is 1.59 bits per heavy atom. The fraction of sp³-hybridized carbons (Fsp3) is 0.143. The first-order chi connectivity index (χ1) is 8.19. The zero-order valence-electron chi connectivity index (χ0n) is 9.80. The summed E-state index contributed by atoms with van der Waals surface area (Å²) in [6.07, 6.45) is 0. The highest BCUT2D eigenvalue weighted by Gasteiger charge is 1.99. The highest BCUT2D eigenvalue weighted by Crippen LogP contribution is 2.26. The van der Waals surface area contributed by atoms with Gasteiger partial charge in [0.05, 0.1) is 0 Å². The maximum Gasteiger partial charge on any atom is 0.0402 e. The first-order valence-electron chi connectivity index (χ1n) is 5.43. The van der Waals surface area contributed by atoms with Gasteiger partial charge >= 0.3 is 0 Å². The van der Waals surface area contributed by atoms with Crippen molar-refractivity contribution in [1.82, 2.24) is 0 Å².